The van der Waals surface area contributed by atoms with E-state index in [1.807, 2.05) is 66.7 Å². The molecule has 2 aromatic carbocycles. The zero-order chi connectivity index (χ0) is 26.7. The third-order valence-corrected chi connectivity index (χ3v) is 6.29. The summed E-state index contributed by atoms with van der Waals surface area (Å²) in [6.45, 7) is 4.47. The van der Waals surface area contributed by atoms with Gasteiger partial charge in [0.05, 0.1) is 27.6 Å². The van der Waals surface area contributed by atoms with Crippen molar-refractivity contribution < 1.29 is 5.11 Å². The van der Waals surface area contributed by atoms with E-state index in [4.69, 9.17) is 27.3 Å². The zero-order valence-corrected chi connectivity index (χ0v) is 21.9. The van der Waals surface area contributed by atoms with Crippen molar-refractivity contribution in [3.05, 3.63) is 89.7 Å². The third kappa shape index (κ3) is 5.51. The first-order valence-corrected chi connectivity index (χ1v) is 12.6. The number of pyridine rings is 2. The van der Waals surface area contributed by atoms with Gasteiger partial charge in [0.25, 0.3) is 0 Å². The van der Waals surface area contributed by atoms with Crippen LogP contribution in [0.15, 0.2) is 79.0 Å². The van der Waals surface area contributed by atoms with E-state index >= 15 is 0 Å². The van der Waals surface area contributed by atoms with Crippen molar-refractivity contribution in [2.45, 2.75) is 19.4 Å². The number of halogens is 1. The van der Waals surface area contributed by atoms with E-state index in [-0.39, 0.29) is 0 Å². The Hall–Kier alpha value is -4.27. The number of anilines is 3. The Balaban J connectivity index is 1.43. The molecule has 3 heterocycles. The van der Waals surface area contributed by atoms with E-state index in [1.54, 1.807) is 26.1 Å². The number of nitrogens with one attached hydrogen (secondary N) is 2. The van der Waals surface area contributed by atoms with Gasteiger partial charge in [-0.1, -0.05) is 54.1 Å². The summed E-state index contributed by atoms with van der Waals surface area (Å²) in [5.74, 6) is 1.44. The quantitative estimate of drug-likeness (QED) is 0.189. The van der Waals surface area contributed by atoms with Crippen LogP contribution in [0.1, 0.15) is 19.5 Å². The molecule has 0 fully saturated rings. The minimum absolute atomic E-state index is 0.295. The second-order valence-corrected chi connectivity index (χ2v) is 9.78. The molecule has 0 radical (unpaired) electrons. The van der Waals surface area contributed by atoms with Crippen LogP contribution in [-0.2, 0) is 5.60 Å². The van der Waals surface area contributed by atoms with Crippen molar-refractivity contribution >= 4 is 40.0 Å². The Morgan fingerprint density at radius 1 is 0.842 bits per heavy atom. The van der Waals surface area contributed by atoms with Crippen LogP contribution in [0.4, 0.5) is 17.5 Å². The predicted octanol–water partition coefficient (Wildman–Crippen LogP) is 5.74. The van der Waals surface area contributed by atoms with Crippen LogP contribution in [0.5, 0.6) is 0 Å². The number of aromatic nitrogens is 4. The molecule has 9 heteroatoms. The van der Waals surface area contributed by atoms with E-state index in [1.165, 1.54) is 0 Å². The number of nitrogens with zero attached hydrogens (tertiary/aromatic N) is 4. The Morgan fingerprint density at radius 3 is 2.39 bits per heavy atom. The van der Waals surface area contributed by atoms with Crippen molar-refractivity contribution in [1.82, 2.24) is 19.9 Å². The minimum atomic E-state index is -1.02. The predicted molar refractivity (Wildman–Crippen MR) is 154 cm³/mol. The molecule has 5 aromatic rings. The largest absolute Gasteiger partial charge is 0.384 e. The van der Waals surface area contributed by atoms with Crippen LogP contribution >= 0.6 is 11.6 Å². The highest BCUT2D eigenvalue weighted by Crippen LogP contribution is 2.35. The molecule has 8 nitrogen and oxygen atoms in total. The SMILES string of the molecule is CC(C)(O)c1cccc(NCCNc2nc(-c3cc(Cl)c4ncccc4c3)c(-c3ccccc3)nc2N)n1. The lowest BCUT2D eigenvalue weighted by atomic mass is 10.0. The van der Waals surface area contributed by atoms with Gasteiger partial charge in [-0.25, -0.2) is 15.0 Å². The van der Waals surface area contributed by atoms with Crippen LogP contribution in [0.25, 0.3) is 33.4 Å². The molecule has 0 unspecified atom stereocenters. The number of hydrogen-bond donors (Lipinski definition) is 4. The molecule has 0 amide bonds. The lowest BCUT2D eigenvalue weighted by Crippen LogP contribution is -2.20. The van der Waals surface area contributed by atoms with Gasteiger partial charge in [-0.15, -0.1) is 0 Å². The van der Waals surface area contributed by atoms with Gasteiger partial charge in [0, 0.05) is 35.8 Å². The fourth-order valence-electron chi connectivity index (χ4n) is 4.11. The summed E-state index contributed by atoms with van der Waals surface area (Å²) < 4.78 is 0. The molecular formula is C29H28ClN7O. The average Bonchev–Trinajstić information content (AvgIpc) is 2.92. The Labute approximate surface area is 226 Å². The van der Waals surface area contributed by atoms with Gasteiger partial charge in [0.1, 0.15) is 11.4 Å². The van der Waals surface area contributed by atoms with Crippen LogP contribution in [0, 0.1) is 0 Å². The summed E-state index contributed by atoms with van der Waals surface area (Å²) in [5, 5.41) is 18.2. The van der Waals surface area contributed by atoms with Crippen molar-refractivity contribution in [2.75, 3.05) is 29.5 Å². The molecule has 0 saturated heterocycles. The van der Waals surface area contributed by atoms with E-state index in [2.05, 4.69) is 20.6 Å². The maximum absolute atomic E-state index is 10.2. The first-order valence-electron chi connectivity index (χ1n) is 12.2. The second-order valence-electron chi connectivity index (χ2n) is 9.37. The third-order valence-electron chi connectivity index (χ3n) is 6.00. The van der Waals surface area contributed by atoms with Crippen LogP contribution in [0.2, 0.25) is 5.02 Å². The van der Waals surface area contributed by atoms with Gasteiger partial charge >= 0.3 is 0 Å². The number of rotatable bonds is 8. The monoisotopic (exact) mass is 525 g/mol. The smallest absolute Gasteiger partial charge is 0.169 e. The molecular weight excluding hydrogens is 498 g/mol. The molecule has 0 aliphatic heterocycles. The number of fused-ring (bicyclic) bond motifs is 1. The summed E-state index contributed by atoms with van der Waals surface area (Å²) in [7, 11) is 0. The summed E-state index contributed by atoms with van der Waals surface area (Å²) in [5.41, 5.74) is 9.70. The Kier molecular flexibility index (Phi) is 7.09. The molecule has 192 valence electrons. The molecule has 0 bridgehead atoms. The molecule has 0 aliphatic rings. The molecule has 5 N–H and O–H groups in total. The van der Waals surface area contributed by atoms with E-state index in [0.29, 0.717) is 52.6 Å². The van der Waals surface area contributed by atoms with Gasteiger partial charge < -0.3 is 21.5 Å². The second kappa shape index (κ2) is 10.6. The number of hydrogen-bond acceptors (Lipinski definition) is 8. The highest BCUT2D eigenvalue weighted by Gasteiger charge is 2.18. The Bertz CT molecular complexity index is 1590. The number of nitrogen functional groups attached to an aromatic ring is 1. The standard InChI is InChI=1S/C29H28ClN7O/c1-29(2,38)22-11-6-12-23(35-22)32-14-15-34-28-27(31)36-25(18-8-4-3-5-9-18)26(37-28)20-16-19-10-7-13-33-24(19)21(30)17-20/h3-13,16-17,38H,14-15H2,1-2H3,(H2,31,36)(H,32,35)(H,34,37). The summed E-state index contributed by atoms with van der Waals surface area (Å²) in [6, 6.07) is 23.0. The average molecular weight is 526 g/mol. The van der Waals surface area contributed by atoms with Gasteiger partial charge in [-0.2, -0.15) is 0 Å². The van der Waals surface area contributed by atoms with Gasteiger partial charge in [-0.05, 0) is 44.2 Å². The molecule has 38 heavy (non-hydrogen) atoms. The Morgan fingerprint density at radius 2 is 1.61 bits per heavy atom. The first kappa shape index (κ1) is 25.4. The van der Waals surface area contributed by atoms with Gasteiger partial charge in [0.2, 0.25) is 0 Å². The van der Waals surface area contributed by atoms with Gasteiger partial charge in [0.15, 0.2) is 11.6 Å². The normalized spacial score (nSPS) is 11.5. The topological polar surface area (TPSA) is 122 Å². The fraction of sp³-hybridized carbons (Fsp3) is 0.172. The molecule has 3 aromatic heterocycles. The summed E-state index contributed by atoms with van der Waals surface area (Å²) >= 11 is 6.60. The van der Waals surface area contributed by atoms with Crippen molar-refractivity contribution in [1.29, 1.82) is 0 Å². The van der Waals surface area contributed by atoms with Crippen molar-refractivity contribution in [3.63, 3.8) is 0 Å². The van der Waals surface area contributed by atoms with Crippen LogP contribution in [-0.4, -0.2) is 38.1 Å². The molecule has 5 rings (SSSR count). The first-order chi connectivity index (χ1) is 18.3. The van der Waals surface area contributed by atoms with Crippen molar-refractivity contribution in [3.8, 4) is 22.5 Å². The number of benzene rings is 2. The number of aliphatic hydroxyl groups is 1. The van der Waals surface area contributed by atoms with E-state index < -0.39 is 5.60 Å². The molecule has 0 atom stereocenters. The lowest BCUT2D eigenvalue weighted by Gasteiger charge is -2.18. The maximum Gasteiger partial charge on any atom is 0.169 e. The summed E-state index contributed by atoms with van der Waals surface area (Å²) in [4.78, 5) is 18.5. The van der Waals surface area contributed by atoms with Crippen molar-refractivity contribution in [2.24, 2.45) is 0 Å². The van der Waals surface area contributed by atoms with E-state index in [0.717, 1.165) is 22.0 Å². The zero-order valence-electron chi connectivity index (χ0n) is 21.1. The number of nitrogens with two attached hydrogens (primary N) is 1. The fourth-order valence-corrected chi connectivity index (χ4v) is 4.38. The molecule has 0 aliphatic carbocycles. The highest BCUT2D eigenvalue weighted by atomic mass is 35.5. The molecule has 0 saturated carbocycles. The maximum atomic E-state index is 10.2. The lowest BCUT2D eigenvalue weighted by molar-refractivity contribution is 0.0740. The van der Waals surface area contributed by atoms with E-state index in [9.17, 15) is 5.11 Å². The van der Waals surface area contributed by atoms with Crippen LogP contribution in [0.3, 0.4) is 0 Å². The molecule has 0 spiro atoms. The highest BCUT2D eigenvalue weighted by molar-refractivity contribution is 6.35. The summed E-state index contributed by atoms with van der Waals surface area (Å²) in [6.07, 6.45) is 1.72. The van der Waals surface area contributed by atoms with Gasteiger partial charge in [-0.3, -0.25) is 4.98 Å². The van der Waals surface area contributed by atoms with Crippen LogP contribution < -0.4 is 16.4 Å². The minimum Gasteiger partial charge on any atom is -0.384 e.